The Kier molecular flexibility index (Phi) is 8.76. The third kappa shape index (κ3) is 5.43. The van der Waals surface area contributed by atoms with Gasteiger partial charge in [0.1, 0.15) is 4.34 Å². The number of carbonyl (C=O) groups is 1. The number of fused-ring (bicyclic) bond motifs is 1. The van der Waals surface area contributed by atoms with E-state index in [1.165, 1.54) is 28.2 Å². The van der Waals surface area contributed by atoms with Crippen LogP contribution in [0.2, 0.25) is 8.67 Å². The maximum atomic E-state index is 13.3. The van der Waals surface area contributed by atoms with E-state index in [9.17, 15) is 4.79 Å². The number of thiazole rings is 1. The van der Waals surface area contributed by atoms with Gasteiger partial charge < -0.3 is 4.90 Å². The number of hydrogen-bond acceptors (Lipinski definition) is 5. The molecule has 1 amide bonds. The van der Waals surface area contributed by atoms with Crippen LogP contribution in [0.5, 0.6) is 0 Å². The van der Waals surface area contributed by atoms with E-state index in [-0.39, 0.29) is 18.3 Å². The van der Waals surface area contributed by atoms with Crippen LogP contribution in [0.3, 0.4) is 0 Å². The van der Waals surface area contributed by atoms with Gasteiger partial charge in [0.05, 0.1) is 20.1 Å². The highest BCUT2D eigenvalue weighted by Gasteiger charge is 2.25. The van der Waals surface area contributed by atoms with Crippen LogP contribution in [-0.4, -0.2) is 42.0 Å². The minimum Gasteiger partial charge on any atom is -0.302 e. The molecule has 4 nitrogen and oxygen atoms in total. The molecule has 0 saturated heterocycles. The molecule has 0 bridgehead atoms. The Bertz CT molecular complexity index is 998. The van der Waals surface area contributed by atoms with Gasteiger partial charge in [-0.1, -0.05) is 54.5 Å². The van der Waals surface area contributed by atoms with Crippen molar-refractivity contribution >= 4 is 79.5 Å². The number of anilines is 1. The number of carbonyl (C=O) groups excluding carboxylic acids is 1. The predicted molar refractivity (Wildman–Crippen MR) is 130 cm³/mol. The van der Waals surface area contributed by atoms with Crippen LogP contribution >= 0.6 is 58.3 Å². The summed E-state index contributed by atoms with van der Waals surface area (Å²) in [5.41, 5.74) is 3.68. The van der Waals surface area contributed by atoms with Crippen molar-refractivity contribution in [1.82, 2.24) is 9.88 Å². The lowest BCUT2D eigenvalue weighted by atomic mass is 10.1. The third-order valence-corrected chi connectivity index (χ3v) is 7.23. The van der Waals surface area contributed by atoms with E-state index < -0.39 is 0 Å². The maximum Gasteiger partial charge on any atom is 0.262 e. The van der Waals surface area contributed by atoms with Crippen LogP contribution in [0.4, 0.5) is 5.13 Å². The molecule has 3 aromatic rings. The van der Waals surface area contributed by atoms with Gasteiger partial charge in [-0.25, -0.2) is 4.98 Å². The minimum absolute atomic E-state index is 0. The van der Waals surface area contributed by atoms with Gasteiger partial charge in [0, 0.05) is 13.1 Å². The summed E-state index contributed by atoms with van der Waals surface area (Å²) < 4.78 is 2.01. The lowest BCUT2D eigenvalue weighted by Crippen LogP contribution is -2.38. The smallest absolute Gasteiger partial charge is 0.262 e. The van der Waals surface area contributed by atoms with Crippen LogP contribution in [0.25, 0.3) is 10.2 Å². The number of thiophene rings is 1. The number of rotatable bonds is 7. The number of aromatic nitrogens is 1. The summed E-state index contributed by atoms with van der Waals surface area (Å²) in [4.78, 5) is 22.2. The summed E-state index contributed by atoms with van der Waals surface area (Å²) in [6, 6.07) is 5.87. The molecule has 9 heteroatoms. The summed E-state index contributed by atoms with van der Waals surface area (Å²) in [6.07, 6.45) is 0. The minimum atomic E-state index is -0.159. The zero-order chi connectivity index (χ0) is 20.4. The van der Waals surface area contributed by atoms with Crippen molar-refractivity contribution < 1.29 is 4.79 Å². The van der Waals surface area contributed by atoms with Gasteiger partial charge in [0.25, 0.3) is 5.91 Å². The Morgan fingerprint density at radius 3 is 2.34 bits per heavy atom. The van der Waals surface area contributed by atoms with Gasteiger partial charge in [-0.3, -0.25) is 9.69 Å². The van der Waals surface area contributed by atoms with Crippen molar-refractivity contribution in [2.45, 2.75) is 27.7 Å². The lowest BCUT2D eigenvalue weighted by molar-refractivity contribution is 0.0984. The number of halogens is 3. The fourth-order valence-corrected chi connectivity index (χ4v) is 5.79. The highest BCUT2D eigenvalue weighted by Crippen LogP contribution is 2.36. The molecule has 0 N–H and O–H groups in total. The number of likely N-dealkylation sites (N-methyl/N-ethyl adjacent to an activating group) is 1. The summed E-state index contributed by atoms with van der Waals surface area (Å²) in [5, 5.41) is 0.694. The van der Waals surface area contributed by atoms with Crippen LogP contribution in [-0.2, 0) is 0 Å². The van der Waals surface area contributed by atoms with Crippen molar-refractivity contribution in [1.29, 1.82) is 0 Å². The molecule has 0 aliphatic rings. The van der Waals surface area contributed by atoms with Gasteiger partial charge in [-0.05, 0) is 50.2 Å². The first-order chi connectivity index (χ1) is 13.3. The second-order valence-corrected chi connectivity index (χ2v) is 9.94. The first-order valence-electron chi connectivity index (χ1n) is 9.20. The maximum absolute atomic E-state index is 13.3. The molecule has 158 valence electrons. The Hall–Kier alpha value is -0.890. The van der Waals surface area contributed by atoms with Crippen LogP contribution in [0.15, 0.2) is 18.2 Å². The van der Waals surface area contributed by atoms with Gasteiger partial charge in [0.2, 0.25) is 0 Å². The molecule has 1 aromatic carbocycles. The van der Waals surface area contributed by atoms with E-state index in [1.807, 2.05) is 0 Å². The lowest BCUT2D eigenvalue weighted by Gasteiger charge is -2.24. The molecule has 0 spiro atoms. The Morgan fingerprint density at radius 2 is 1.76 bits per heavy atom. The molecule has 2 aromatic heterocycles. The highest BCUT2D eigenvalue weighted by molar-refractivity contribution is 7.22. The summed E-state index contributed by atoms with van der Waals surface area (Å²) in [6.45, 7) is 11.5. The topological polar surface area (TPSA) is 36.4 Å². The third-order valence-electron chi connectivity index (χ3n) is 4.72. The summed E-state index contributed by atoms with van der Waals surface area (Å²) >= 11 is 15.1. The first kappa shape index (κ1) is 24.4. The highest BCUT2D eigenvalue weighted by atomic mass is 35.5. The van der Waals surface area contributed by atoms with Crippen molar-refractivity contribution in [2.24, 2.45) is 0 Å². The molecule has 0 aliphatic carbocycles. The molecule has 0 radical (unpaired) electrons. The quantitative estimate of drug-likeness (QED) is 0.368. The van der Waals surface area contributed by atoms with E-state index >= 15 is 0 Å². The molecule has 2 heterocycles. The summed E-state index contributed by atoms with van der Waals surface area (Å²) in [7, 11) is 0. The normalized spacial score (nSPS) is 11.1. The largest absolute Gasteiger partial charge is 0.302 e. The standard InChI is InChI=1S/C20H23Cl2N3OS2.ClH/c1-5-24(6-2)7-8-25(19(26)14-11-16(21)28-18(14)22)20-23-17-13(4)9-12(3)10-15(17)27-20;/h9-11H,5-8H2,1-4H3;1H. The molecule has 3 rings (SSSR count). The molecule has 0 unspecified atom stereocenters. The summed E-state index contributed by atoms with van der Waals surface area (Å²) in [5.74, 6) is -0.159. The molecular weight excluding hydrogens is 469 g/mol. The number of benzene rings is 1. The fourth-order valence-electron chi connectivity index (χ4n) is 3.17. The van der Waals surface area contributed by atoms with E-state index in [0.29, 0.717) is 25.9 Å². The predicted octanol–water partition coefficient (Wildman–Crippen LogP) is 6.69. The van der Waals surface area contributed by atoms with Gasteiger partial charge >= 0.3 is 0 Å². The average Bonchev–Trinajstić information content (AvgIpc) is 3.21. The van der Waals surface area contributed by atoms with E-state index in [4.69, 9.17) is 28.2 Å². The average molecular weight is 493 g/mol. The molecule has 0 fully saturated rings. The molecule has 0 atom stereocenters. The SMILES string of the molecule is CCN(CC)CCN(C(=O)c1cc(Cl)sc1Cl)c1nc2c(C)cc(C)cc2s1.Cl. The van der Waals surface area contributed by atoms with Gasteiger partial charge in [-0.2, -0.15) is 0 Å². The van der Waals surface area contributed by atoms with E-state index in [0.717, 1.165) is 35.4 Å². The number of nitrogens with zero attached hydrogens (tertiary/aromatic N) is 3. The Morgan fingerprint density at radius 1 is 1.07 bits per heavy atom. The van der Waals surface area contributed by atoms with Crippen LogP contribution in [0.1, 0.15) is 35.3 Å². The zero-order valence-electron chi connectivity index (χ0n) is 16.8. The van der Waals surface area contributed by atoms with Crippen LogP contribution < -0.4 is 4.90 Å². The molecular formula is C20H24Cl3N3OS2. The molecule has 0 saturated carbocycles. The van der Waals surface area contributed by atoms with Crippen LogP contribution in [0, 0.1) is 13.8 Å². The van der Waals surface area contributed by atoms with Crippen molar-refractivity contribution in [3.63, 3.8) is 0 Å². The van der Waals surface area contributed by atoms with Gasteiger partial charge in [0.15, 0.2) is 5.13 Å². The Labute approximate surface area is 195 Å². The van der Waals surface area contributed by atoms with E-state index in [1.54, 1.807) is 11.0 Å². The van der Waals surface area contributed by atoms with E-state index in [2.05, 4.69) is 44.7 Å². The number of aryl methyl sites for hydroxylation is 2. The van der Waals surface area contributed by atoms with Gasteiger partial charge in [-0.15, -0.1) is 23.7 Å². The zero-order valence-corrected chi connectivity index (χ0v) is 20.8. The number of hydrogen-bond donors (Lipinski definition) is 0. The monoisotopic (exact) mass is 491 g/mol. The van der Waals surface area contributed by atoms with Crippen molar-refractivity contribution in [3.8, 4) is 0 Å². The first-order valence-corrected chi connectivity index (χ1v) is 11.6. The second kappa shape index (κ2) is 10.4. The second-order valence-electron chi connectivity index (χ2n) is 6.65. The fraction of sp³-hybridized carbons (Fsp3) is 0.400. The van der Waals surface area contributed by atoms with Crippen molar-refractivity contribution in [3.05, 3.63) is 43.6 Å². The van der Waals surface area contributed by atoms with Crippen molar-refractivity contribution in [2.75, 3.05) is 31.1 Å². The Balaban J connectivity index is 0.00000300. The molecule has 0 aliphatic heterocycles. The molecule has 29 heavy (non-hydrogen) atoms. The number of amides is 1.